The minimum atomic E-state index is -0.451. The molecule has 0 bridgehead atoms. The van der Waals surface area contributed by atoms with Gasteiger partial charge in [-0.15, -0.1) is 5.10 Å². The molecule has 1 aliphatic rings. The smallest absolute Gasteiger partial charge is 0.237 e. The van der Waals surface area contributed by atoms with Crippen molar-refractivity contribution in [3.8, 4) is 0 Å². The number of nitrogens with zero attached hydrogens (tertiary/aromatic N) is 2. The molecule has 0 saturated heterocycles. The maximum atomic E-state index is 13.4. The zero-order valence-electron chi connectivity index (χ0n) is 10.7. The van der Waals surface area contributed by atoms with E-state index in [-0.39, 0.29) is 12.2 Å². The van der Waals surface area contributed by atoms with Crippen LogP contribution in [0.3, 0.4) is 0 Å². The average Bonchev–Trinajstić information content (AvgIpc) is 2.43. The fourth-order valence-corrected chi connectivity index (χ4v) is 1.60. The third-order valence-electron chi connectivity index (χ3n) is 2.61. The highest BCUT2D eigenvalue weighted by Gasteiger charge is 2.15. The first-order chi connectivity index (χ1) is 9.13. The molecule has 0 radical (unpaired) electrons. The number of hydrazine groups is 1. The molecule has 0 aromatic heterocycles. The summed E-state index contributed by atoms with van der Waals surface area (Å²) in [6.07, 6.45) is 1.60. The molecule has 0 fully saturated rings. The van der Waals surface area contributed by atoms with Gasteiger partial charge >= 0.3 is 0 Å². The Hall–Kier alpha value is -2.44. The van der Waals surface area contributed by atoms with Crippen molar-refractivity contribution in [3.05, 3.63) is 41.5 Å². The molecule has 1 aliphatic heterocycles. The first-order valence-electron chi connectivity index (χ1n) is 5.59. The van der Waals surface area contributed by atoms with Gasteiger partial charge in [-0.3, -0.25) is 5.43 Å². The van der Waals surface area contributed by atoms with Gasteiger partial charge in [0.25, 0.3) is 0 Å². The van der Waals surface area contributed by atoms with Crippen LogP contribution in [0.4, 0.5) is 10.1 Å². The van der Waals surface area contributed by atoms with Crippen LogP contribution in [0.2, 0.25) is 0 Å². The number of hydrogen-bond donors (Lipinski definition) is 2. The van der Waals surface area contributed by atoms with Crippen LogP contribution in [-0.2, 0) is 16.0 Å². The summed E-state index contributed by atoms with van der Waals surface area (Å²) in [5.41, 5.74) is 9.29. The van der Waals surface area contributed by atoms with Gasteiger partial charge in [0.2, 0.25) is 11.8 Å². The number of hydrogen-bond acceptors (Lipinski definition) is 6. The molecule has 0 spiro atoms. The number of halogens is 1. The Morgan fingerprint density at radius 3 is 2.84 bits per heavy atom. The van der Waals surface area contributed by atoms with Crippen molar-refractivity contribution in [1.82, 2.24) is 10.5 Å². The van der Waals surface area contributed by atoms with Crippen molar-refractivity contribution in [2.24, 2.45) is 5.10 Å². The monoisotopic (exact) mass is 266 g/mol. The summed E-state index contributed by atoms with van der Waals surface area (Å²) in [6, 6.07) is 4.64. The Balaban J connectivity index is 2.18. The van der Waals surface area contributed by atoms with Gasteiger partial charge in [-0.05, 0) is 6.07 Å². The molecular formula is C12H15FN4O2. The Morgan fingerprint density at radius 1 is 1.37 bits per heavy atom. The quantitative estimate of drug-likeness (QED) is 0.804. The molecule has 6 nitrogen and oxygen atoms in total. The highest BCUT2D eigenvalue weighted by Crippen LogP contribution is 2.18. The molecule has 2 rings (SSSR count). The molecule has 0 aliphatic carbocycles. The van der Waals surface area contributed by atoms with Gasteiger partial charge in [-0.2, -0.15) is 5.12 Å². The van der Waals surface area contributed by atoms with Crippen LogP contribution >= 0.6 is 0 Å². The number of ether oxygens (including phenoxy) is 2. The van der Waals surface area contributed by atoms with Gasteiger partial charge in [0.05, 0.1) is 32.5 Å². The first kappa shape index (κ1) is 13.0. The van der Waals surface area contributed by atoms with E-state index in [0.29, 0.717) is 17.3 Å². The molecular weight excluding hydrogens is 251 g/mol. The Bertz CT molecular complexity index is 530. The van der Waals surface area contributed by atoms with E-state index in [9.17, 15) is 4.39 Å². The second kappa shape index (κ2) is 5.47. The predicted octanol–water partition coefficient (Wildman–Crippen LogP) is 1.18. The summed E-state index contributed by atoms with van der Waals surface area (Å²) in [5, 5.41) is 5.61. The summed E-state index contributed by atoms with van der Waals surface area (Å²) in [4.78, 5) is 0. The Labute approximate surface area is 110 Å². The van der Waals surface area contributed by atoms with Gasteiger partial charge in [0, 0.05) is 5.56 Å². The number of nitrogens with one attached hydrogen (secondary N) is 1. The van der Waals surface area contributed by atoms with Crippen LogP contribution in [0.1, 0.15) is 5.56 Å². The van der Waals surface area contributed by atoms with Crippen LogP contribution in [0.25, 0.3) is 0 Å². The highest BCUT2D eigenvalue weighted by atomic mass is 19.1. The van der Waals surface area contributed by atoms with Crippen molar-refractivity contribution in [1.29, 1.82) is 0 Å². The number of hydrazone groups is 1. The number of nitrogens with two attached hydrogens (primary N) is 1. The number of nitrogen functional groups attached to an aromatic ring is 1. The lowest BCUT2D eigenvalue weighted by molar-refractivity contribution is 0.127. The van der Waals surface area contributed by atoms with Crippen LogP contribution in [-0.4, -0.2) is 25.2 Å². The number of para-hydroxylation sites is 1. The van der Waals surface area contributed by atoms with Gasteiger partial charge in [-0.1, -0.05) is 12.1 Å². The molecule has 1 aromatic rings. The largest absolute Gasteiger partial charge is 0.481 e. The van der Waals surface area contributed by atoms with E-state index in [0.717, 1.165) is 0 Å². The summed E-state index contributed by atoms with van der Waals surface area (Å²) in [5.74, 6) is 0.403. The molecule has 1 aromatic carbocycles. The average molecular weight is 266 g/mol. The summed E-state index contributed by atoms with van der Waals surface area (Å²) < 4.78 is 23.5. The first-order valence-corrected chi connectivity index (χ1v) is 5.59. The summed E-state index contributed by atoms with van der Waals surface area (Å²) >= 11 is 0. The fourth-order valence-electron chi connectivity index (χ4n) is 1.60. The second-order valence-electron chi connectivity index (χ2n) is 3.84. The number of benzene rings is 1. The number of rotatable bonds is 3. The molecule has 0 atom stereocenters. The number of anilines is 1. The lowest BCUT2D eigenvalue weighted by Crippen LogP contribution is -2.37. The van der Waals surface area contributed by atoms with Gasteiger partial charge in [0.15, 0.2) is 0 Å². The van der Waals surface area contributed by atoms with E-state index < -0.39 is 5.82 Å². The fraction of sp³-hybridized carbons (Fsp3) is 0.250. The van der Waals surface area contributed by atoms with Gasteiger partial charge < -0.3 is 15.2 Å². The molecule has 102 valence electrons. The molecule has 0 saturated carbocycles. The van der Waals surface area contributed by atoms with E-state index in [1.54, 1.807) is 18.2 Å². The van der Waals surface area contributed by atoms with Crippen LogP contribution < -0.4 is 11.2 Å². The van der Waals surface area contributed by atoms with Crippen molar-refractivity contribution >= 4 is 11.6 Å². The zero-order valence-corrected chi connectivity index (χ0v) is 10.7. The molecule has 0 unspecified atom stereocenters. The topological polar surface area (TPSA) is 72.1 Å². The minimum absolute atomic E-state index is 0.104. The third-order valence-corrected chi connectivity index (χ3v) is 2.61. The van der Waals surface area contributed by atoms with Crippen molar-refractivity contribution in [2.45, 2.75) is 6.54 Å². The van der Waals surface area contributed by atoms with Crippen molar-refractivity contribution < 1.29 is 13.9 Å². The van der Waals surface area contributed by atoms with Gasteiger partial charge in [0.1, 0.15) is 5.82 Å². The normalized spacial score (nSPS) is 14.4. The van der Waals surface area contributed by atoms with Crippen molar-refractivity contribution in [2.75, 3.05) is 20.0 Å². The molecule has 19 heavy (non-hydrogen) atoms. The number of methoxy groups -OCH3 is 2. The lowest BCUT2D eigenvalue weighted by atomic mass is 10.2. The lowest BCUT2D eigenvalue weighted by Gasteiger charge is -2.26. The standard InChI is InChI=1S/C12H15FN4O2/c1-18-10-6-11(19-2)16-17(15-10)7-8-4-3-5-9(13)12(8)14/h3-6,15H,7,14H2,1-2H3. The van der Waals surface area contributed by atoms with E-state index in [1.807, 2.05) is 0 Å². The molecule has 7 heteroatoms. The molecule has 1 heterocycles. The van der Waals surface area contributed by atoms with E-state index in [1.165, 1.54) is 25.4 Å². The second-order valence-corrected chi connectivity index (χ2v) is 3.84. The van der Waals surface area contributed by atoms with Crippen LogP contribution in [0.15, 0.2) is 35.3 Å². The van der Waals surface area contributed by atoms with E-state index >= 15 is 0 Å². The van der Waals surface area contributed by atoms with Gasteiger partial charge in [-0.25, -0.2) is 4.39 Å². The van der Waals surface area contributed by atoms with Crippen LogP contribution in [0.5, 0.6) is 0 Å². The maximum absolute atomic E-state index is 13.4. The highest BCUT2D eigenvalue weighted by molar-refractivity contribution is 5.88. The van der Waals surface area contributed by atoms with Crippen molar-refractivity contribution in [3.63, 3.8) is 0 Å². The predicted molar refractivity (Wildman–Crippen MR) is 69.0 cm³/mol. The zero-order chi connectivity index (χ0) is 13.8. The third kappa shape index (κ3) is 2.87. The van der Waals surface area contributed by atoms with Crippen LogP contribution in [0, 0.1) is 5.82 Å². The summed E-state index contributed by atoms with van der Waals surface area (Å²) in [6.45, 7) is 0.275. The summed E-state index contributed by atoms with van der Waals surface area (Å²) in [7, 11) is 3.02. The molecule has 3 N–H and O–H groups in total. The Morgan fingerprint density at radius 2 is 2.16 bits per heavy atom. The SMILES string of the molecule is COC1=CC(OC)=NN(Cc2cccc(F)c2N)N1. The maximum Gasteiger partial charge on any atom is 0.237 e. The Kier molecular flexibility index (Phi) is 3.74. The van der Waals surface area contributed by atoms with E-state index in [4.69, 9.17) is 15.2 Å². The van der Waals surface area contributed by atoms with E-state index in [2.05, 4.69) is 10.5 Å². The minimum Gasteiger partial charge on any atom is -0.481 e. The molecule has 0 amide bonds.